The molecule has 7 nitrogen and oxygen atoms in total. The van der Waals surface area contributed by atoms with Crippen molar-refractivity contribution in [3.63, 3.8) is 0 Å². The summed E-state index contributed by atoms with van der Waals surface area (Å²) in [4.78, 5) is 38.8. The summed E-state index contributed by atoms with van der Waals surface area (Å²) in [7, 11) is 1.70. The monoisotopic (exact) mass is 344 g/mol. The molecule has 0 saturated carbocycles. The fourth-order valence-corrected chi connectivity index (χ4v) is 3.26. The minimum atomic E-state index is -0.774. The lowest BCUT2D eigenvalue weighted by atomic mass is 10.1. The summed E-state index contributed by atoms with van der Waals surface area (Å²) in [6, 6.07) is 6.96. The number of amides is 4. The predicted molar refractivity (Wildman–Crippen MR) is 94.1 cm³/mol. The Morgan fingerprint density at radius 3 is 2.44 bits per heavy atom. The Balaban J connectivity index is 1.53. The molecule has 1 atom stereocenters. The second kappa shape index (κ2) is 7.55. The fourth-order valence-electron chi connectivity index (χ4n) is 3.26. The third kappa shape index (κ3) is 4.29. The maximum Gasteiger partial charge on any atom is 0.322 e. The predicted octanol–water partition coefficient (Wildman–Crippen LogP) is 1.23. The molecule has 0 aliphatic carbocycles. The summed E-state index contributed by atoms with van der Waals surface area (Å²) in [5.74, 6) is -0.625. The summed E-state index contributed by atoms with van der Waals surface area (Å²) in [5.41, 5.74) is 2.26. The number of piperidine rings is 1. The number of rotatable bonds is 5. The van der Waals surface area contributed by atoms with E-state index in [0.717, 1.165) is 18.7 Å². The van der Waals surface area contributed by atoms with Gasteiger partial charge < -0.3 is 15.1 Å². The zero-order valence-electron chi connectivity index (χ0n) is 14.5. The number of nitrogens with one attached hydrogen (secondary N) is 2. The van der Waals surface area contributed by atoms with Gasteiger partial charge in [0.15, 0.2) is 0 Å². The van der Waals surface area contributed by atoms with E-state index in [1.807, 2.05) is 12.1 Å². The van der Waals surface area contributed by atoms with Crippen LogP contribution in [0.4, 0.5) is 10.5 Å². The zero-order valence-corrected chi connectivity index (χ0v) is 14.5. The number of anilines is 1. The molecule has 0 radical (unpaired) electrons. The summed E-state index contributed by atoms with van der Waals surface area (Å²) in [5, 5.41) is 4.58. The van der Waals surface area contributed by atoms with Crippen LogP contribution < -0.4 is 15.5 Å². The molecule has 0 spiro atoms. The molecule has 1 aromatic rings. The summed E-state index contributed by atoms with van der Waals surface area (Å²) >= 11 is 0. The molecule has 0 bridgehead atoms. The Bertz CT molecular complexity index is 653. The molecular formula is C18H24N4O3. The van der Waals surface area contributed by atoms with E-state index in [1.165, 1.54) is 24.9 Å². The van der Waals surface area contributed by atoms with Crippen molar-refractivity contribution in [3.8, 4) is 0 Å². The summed E-state index contributed by atoms with van der Waals surface area (Å²) in [6.07, 6.45) is 3.76. The van der Waals surface area contributed by atoms with Gasteiger partial charge in [0.05, 0.1) is 6.42 Å². The van der Waals surface area contributed by atoms with Crippen molar-refractivity contribution >= 4 is 23.5 Å². The van der Waals surface area contributed by atoms with Gasteiger partial charge in [-0.2, -0.15) is 0 Å². The molecule has 2 aliphatic rings. The fraction of sp³-hybridized carbons (Fsp3) is 0.500. The SMILES string of the molecule is CN(Cc1ccc(N2CCCCC2)cc1)C(=O)CC1NC(=O)NC1=O. The molecule has 25 heavy (non-hydrogen) atoms. The quantitative estimate of drug-likeness (QED) is 0.787. The van der Waals surface area contributed by atoms with Crippen LogP contribution in [0.5, 0.6) is 0 Å². The van der Waals surface area contributed by atoms with Crippen molar-refractivity contribution in [2.45, 2.75) is 38.3 Å². The average Bonchev–Trinajstić information content (AvgIpc) is 2.93. The average molecular weight is 344 g/mol. The van der Waals surface area contributed by atoms with Gasteiger partial charge in [0.1, 0.15) is 6.04 Å². The number of hydrogen-bond acceptors (Lipinski definition) is 4. The Labute approximate surface area is 147 Å². The molecule has 2 N–H and O–H groups in total. The van der Waals surface area contributed by atoms with Crippen LogP contribution in [0.15, 0.2) is 24.3 Å². The van der Waals surface area contributed by atoms with Crippen molar-refractivity contribution in [1.29, 1.82) is 0 Å². The second-order valence-electron chi connectivity index (χ2n) is 6.68. The van der Waals surface area contributed by atoms with Crippen LogP contribution in [0.2, 0.25) is 0 Å². The Hall–Kier alpha value is -2.57. The summed E-state index contributed by atoms with van der Waals surface area (Å²) in [6.45, 7) is 2.68. The Morgan fingerprint density at radius 2 is 1.84 bits per heavy atom. The molecule has 2 fully saturated rings. The van der Waals surface area contributed by atoms with Gasteiger partial charge in [-0.25, -0.2) is 4.79 Å². The van der Waals surface area contributed by atoms with E-state index in [-0.39, 0.29) is 12.3 Å². The highest BCUT2D eigenvalue weighted by Crippen LogP contribution is 2.20. The van der Waals surface area contributed by atoms with Crippen LogP contribution in [0, 0.1) is 0 Å². The van der Waals surface area contributed by atoms with E-state index in [4.69, 9.17) is 0 Å². The van der Waals surface area contributed by atoms with Crippen LogP contribution in [-0.2, 0) is 16.1 Å². The first kappa shape index (κ1) is 17.3. The first-order valence-corrected chi connectivity index (χ1v) is 8.72. The Morgan fingerprint density at radius 1 is 1.16 bits per heavy atom. The Kier molecular flexibility index (Phi) is 5.21. The molecule has 134 valence electrons. The zero-order chi connectivity index (χ0) is 17.8. The molecule has 2 saturated heterocycles. The van der Waals surface area contributed by atoms with Crippen LogP contribution in [-0.4, -0.2) is 48.9 Å². The normalized spacial score (nSPS) is 20.2. The molecule has 0 aromatic heterocycles. The number of urea groups is 1. The van der Waals surface area contributed by atoms with Gasteiger partial charge >= 0.3 is 6.03 Å². The van der Waals surface area contributed by atoms with E-state index in [2.05, 4.69) is 27.7 Å². The van der Waals surface area contributed by atoms with Gasteiger partial charge in [-0.15, -0.1) is 0 Å². The highest BCUT2D eigenvalue weighted by Gasteiger charge is 2.32. The highest BCUT2D eigenvalue weighted by molar-refractivity contribution is 6.05. The second-order valence-corrected chi connectivity index (χ2v) is 6.68. The lowest BCUT2D eigenvalue weighted by Crippen LogP contribution is -2.36. The van der Waals surface area contributed by atoms with Crippen LogP contribution >= 0.6 is 0 Å². The molecular weight excluding hydrogens is 320 g/mol. The number of benzene rings is 1. The van der Waals surface area contributed by atoms with E-state index in [1.54, 1.807) is 11.9 Å². The molecule has 3 rings (SSSR count). The molecule has 2 aliphatic heterocycles. The van der Waals surface area contributed by atoms with Gasteiger partial charge in [-0.05, 0) is 37.0 Å². The highest BCUT2D eigenvalue weighted by atomic mass is 16.2. The number of carbonyl (C=O) groups is 3. The van der Waals surface area contributed by atoms with Gasteiger partial charge in [-0.3, -0.25) is 14.9 Å². The number of carbonyl (C=O) groups excluding carboxylic acids is 3. The van der Waals surface area contributed by atoms with E-state index in [0.29, 0.717) is 6.54 Å². The number of nitrogens with zero attached hydrogens (tertiary/aromatic N) is 2. The van der Waals surface area contributed by atoms with Crippen LogP contribution in [0.1, 0.15) is 31.2 Å². The lowest BCUT2D eigenvalue weighted by Gasteiger charge is -2.29. The summed E-state index contributed by atoms with van der Waals surface area (Å²) < 4.78 is 0. The van der Waals surface area contributed by atoms with Crippen molar-refractivity contribution in [1.82, 2.24) is 15.5 Å². The smallest absolute Gasteiger partial charge is 0.322 e. The lowest BCUT2D eigenvalue weighted by molar-refractivity contribution is -0.133. The van der Waals surface area contributed by atoms with Gasteiger partial charge in [-0.1, -0.05) is 12.1 Å². The number of hydrogen-bond donors (Lipinski definition) is 2. The topological polar surface area (TPSA) is 81.8 Å². The van der Waals surface area contributed by atoms with Gasteiger partial charge in [0.25, 0.3) is 5.91 Å². The third-order valence-corrected chi connectivity index (χ3v) is 4.74. The minimum absolute atomic E-state index is 0.0278. The van der Waals surface area contributed by atoms with Crippen LogP contribution in [0.25, 0.3) is 0 Å². The first-order valence-electron chi connectivity index (χ1n) is 8.72. The maximum absolute atomic E-state index is 12.3. The van der Waals surface area contributed by atoms with E-state index >= 15 is 0 Å². The molecule has 7 heteroatoms. The van der Waals surface area contributed by atoms with Crippen molar-refractivity contribution in [2.24, 2.45) is 0 Å². The molecule has 1 aromatic carbocycles. The van der Waals surface area contributed by atoms with Gasteiger partial charge in [0, 0.05) is 32.4 Å². The van der Waals surface area contributed by atoms with Crippen LogP contribution in [0.3, 0.4) is 0 Å². The van der Waals surface area contributed by atoms with Crippen molar-refractivity contribution in [2.75, 3.05) is 25.0 Å². The first-order chi connectivity index (χ1) is 12.0. The van der Waals surface area contributed by atoms with Gasteiger partial charge in [0.2, 0.25) is 5.91 Å². The minimum Gasteiger partial charge on any atom is -0.372 e. The van der Waals surface area contributed by atoms with Crippen molar-refractivity contribution in [3.05, 3.63) is 29.8 Å². The molecule has 4 amide bonds. The van der Waals surface area contributed by atoms with E-state index in [9.17, 15) is 14.4 Å². The standard InChI is InChI=1S/C18H24N4O3/c1-21(16(23)11-15-17(24)20-18(25)19-15)12-13-5-7-14(8-6-13)22-9-3-2-4-10-22/h5-8,15H,2-4,9-12H2,1H3,(H2,19,20,24,25). The van der Waals surface area contributed by atoms with Crippen molar-refractivity contribution < 1.29 is 14.4 Å². The van der Waals surface area contributed by atoms with E-state index < -0.39 is 18.0 Å². The largest absolute Gasteiger partial charge is 0.372 e. The molecule has 1 unspecified atom stereocenters. The maximum atomic E-state index is 12.3. The number of imide groups is 1. The molecule has 2 heterocycles. The third-order valence-electron chi connectivity index (χ3n) is 4.74.